The Bertz CT molecular complexity index is 416. The molecular weight excluding hydrogens is 225 g/mol. The van der Waals surface area contributed by atoms with E-state index in [2.05, 4.69) is 4.90 Å². The molecule has 0 unspecified atom stereocenters. The Kier molecular flexibility index (Phi) is 3.71. The maximum Gasteiger partial charge on any atom is 0.336 e. The molecule has 1 saturated heterocycles. The minimum atomic E-state index is -1.02. The minimum absolute atomic E-state index is 0.165. The lowest BCUT2D eigenvalue weighted by molar-refractivity contribution is 0.0339. The van der Waals surface area contributed by atoms with Crippen LogP contribution < -0.4 is 0 Å². The topological polar surface area (TPSA) is 49.8 Å². The quantitative estimate of drug-likeness (QED) is 0.865. The molecule has 1 N–H and O–H groups in total. The molecule has 0 aromatic heterocycles. The molecule has 17 heavy (non-hydrogen) atoms. The van der Waals surface area contributed by atoms with Gasteiger partial charge in [0.1, 0.15) is 5.82 Å². The van der Waals surface area contributed by atoms with Crippen LogP contribution in [0.2, 0.25) is 0 Å². The van der Waals surface area contributed by atoms with Gasteiger partial charge in [0.2, 0.25) is 0 Å². The largest absolute Gasteiger partial charge is 0.478 e. The van der Waals surface area contributed by atoms with E-state index in [1.165, 1.54) is 18.2 Å². The number of halogens is 1. The highest BCUT2D eigenvalue weighted by molar-refractivity contribution is 5.89. The summed E-state index contributed by atoms with van der Waals surface area (Å²) in [5, 5.41) is 9.02. The van der Waals surface area contributed by atoms with Crippen molar-refractivity contribution in [3.05, 3.63) is 35.1 Å². The highest BCUT2D eigenvalue weighted by Gasteiger charge is 2.16. The van der Waals surface area contributed by atoms with E-state index >= 15 is 0 Å². The van der Waals surface area contributed by atoms with E-state index in [0.29, 0.717) is 25.3 Å². The molecule has 2 rings (SSSR count). The molecule has 4 nitrogen and oxygen atoms in total. The second-order valence-electron chi connectivity index (χ2n) is 4.00. The predicted molar refractivity (Wildman–Crippen MR) is 59.5 cm³/mol. The number of carboxylic acid groups (broad SMARTS) is 1. The second-order valence-corrected chi connectivity index (χ2v) is 4.00. The number of benzene rings is 1. The summed E-state index contributed by atoms with van der Waals surface area (Å²) < 4.78 is 18.3. The second kappa shape index (κ2) is 5.25. The molecule has 1 heterocycles. The number of ether oxygens (including phenoxy) is 1. The summed E-state index contributed by atoms with van der Waals surface area (Å²) in [7, 11) is 0. The number of carboxylic acids is 1. The van der Waals surface area contributed by atoms with Gasteiger partial charge in [-0.05, 0) is 23.8 Å². The summed E-state index contributed by atoms with van der Waals surface area (Å²) in [6.07, 6.45) is 0. The van der Waals surface area contributed by atoms with Gasteiger partial charge in [0.05, 0.1) is 18.8 Å². The van der Waals surface area contributed by atoms with Crippen molar-refractivity contribution in [2.24, 2.45) is 0 Å². The fourth-order valence-electron chi connectivity index (χ4n) is 1.90. The van der Waals surface area contributed by atoms with Crippen molar-refractivity contribution in [3.8, 4) is 0 Å². The number of aromatic carboxylic acids is 1. The van der Waals surface area contributed by atoms with Gasteiger partial charge in [0.15, 0.2) is 0 Å². The third kappa shape index (κ3) is 3.01. The molecule has 0 saturated carbocycles. The average Bonchev–Trinajstić information content (AvgIpc) is 2.30. The highest BCUT2D eigenvalue weighted by Crippen LogP contribution is 2.15. The molecule has 0 spiro atoms. The van der Waals surface area contributed by atoms with E-state index in [0.717, 1.165) is 13.1 Å². The Morgan fingerprint density at radius 2 is 2.12 bits per heavy atom. The Morgan fingerprint density at radius 3 is 2.76 bits per heavy atom. The summed E-state index contributed by atoms with van der Waals surface area (Å²) in [5.41, 5.74) is 0.678. The van der Waals surface area contributed by atoms with Crippen LogP contribution >= 0.6 is 0 Å². The SMILES string of the molecule is O=C(O)c1ccc(F)cc1CN1CCOCC1. The Labute approximate surface area is 98.6 Å². The van der Waals surface area contributed by atoms with Gasteiger partial charge in [-0.25, -0.2) is 9.18 Å². The molecule has 1 fully saturated rings. The van der Waals surface area contributed by atoms with Crippen molar-refractivity contribution >= 4 is 5.97 Å². The van der Waals surface area contributed by atoms with E-state index in [-0.39, 0.29) is 5.56 Å². The molecule has 1 aliphatic heterocycles. The van der Waals surface area contributed by atoms with Crippen molar-refractivity contribution in [1.82, 2.24) is 4.90 Å². The molecule has 5 heteroatoms. The van der Waals surface area contributed by atoms with Gasteiger partial charge >= 0.3 is 5.97 Å². The van der Waals surface area contributed by atoms with Crippen molar-refractivity contribution in [2.45, 2.75) is 6.54 Å². The summed E-state index contributed by atoms with van der Waals surface area (Å²) in [4.78, 5) is 13.1. The van der Waals surface area contributed by atoms with Crippen LogP contribution in [0.5, 0.6) is 0 Å². The first-order valence-electron chi connectivity index (χ1n) is 5.48. The van der Waals surface area contributed by atoms with Crippen LogP contribution in [-0.2, 0) is 11.3 Å². The molecule has 1 aliphatic rings. The number of hydrogen-bond donors (Lipinski definition) is 1. The van der Waals surface area contributed by atoms with E-state index in [4.69, 9.17) is 9.84 Å². The first-order chi connectivity index (χ1) is 8.16. The van der Waals surface area contributed by atoms with Crippen LogP contribution in [0, 0.1) is 5.82 Å². The van der Waals surface area contributed by atoms with Crippen molar-refractivity contribution in [3.63, 3.8) is 0 Å². The van der Waals surface area contributed by atoms with Gasteiger partial charge in [-0.3, -0.25) is 4.90 Å². The minimum Gasteiger partial charge on any atom is -0.478 e. The molecule has 0 radical (unpaired) electrons. The van der Waals surface area contributed by atoms with Crippen LogP contribution in [0.1, 0.15) is 15.9 Å². The molecule has 1 aromatic rings. The predicted octanol–water partition coefficient (Wildman–Crippen LogP) is 1.36. The van der Waals surface area contributed by atoms with Crippen molar-refractivity contribution in [1.29, 1.82) is 0 Å². The molecule has 0 amide bonds. The van der Waals surface area contributed by atoms with Crippen LogP contribution in [0.15, 0.2) is 18.2 Å². The van der Waals surface area contributed by atoms with Gasteiger partial charge in [-0.1, -0.05) is 0 Å². The molecule has 1 aromatic carbocycles. The van der Waals surface area contributed by atoms with E-state index in [1.54, 1.807) is 0 Å². The van der Waals surface area contributed by atoms with Crippen LogP contribution in [0.4, 0.5) is 4.39 Å². The van der Waals surface area contributed by atoms with Gasteiger partial charge in [0.25, 0.3) is 0 Å². The van der Waals surface area contributed by atoms with Crippen molar-refractivity contribution in [2.75, 3.05) is 26.3 Å². The van der Waals surface area contributed by atoms with Gasteiger partial charge in [-0.2, -0.15) is 0 Å². The van der Waals surface area contributed by atoms with Crippen LogP contribution in [-0.4, -0.2) is 42.3 Å². The first kappa shape index (κ1) is 12.0. The fraction of sp³-hybridized carbons (Fsp3) is 0.417. The highest BCUT2D eigenvalue weighted by atomic mass is 19.1. The summed E-state index contributed by atoms with van der Waals surface area (Å²) in [6, 6.07) is 3.78. The number of rotatable bonds is 3. The third-order valence-electron chi connectivity index (χ3n) is 2.80. The molecule has 0 atom stereocenters. The van der Waals surface area contributed by atoms with Gasteiger partial charge in [-0.15, -0.1) is 0 Å². The van der Waals surface area contributed by atoms with E-state index < -0.39 is 11.8 Å². The third-order valence-corrected chi connectivity index (χ3v) is 2.80. The molecular formula is C12H14FNO3. The van der Waals surface area contributed by atoms with Crippen LogP contribution in [0.3, 0.4) is 0 Å². The number of hydrogen-bond acceptors (Lipinski definition) is 3. The van der Waals surface area contributed by atoms with Crippen LogP contribution in [0.25, 0.3) is 0 Å². The summed E-state index contributed by atoms with van der Waals surface area (Å²) >= 11 is 0. The maximum atomic E-state index is 13.1. The smallest absolute Gasteiger partial charge is 0.336 e. The lowest BCUT2D eigenvalue weighted by Gasteiger charge is -2.27. The number of carbonyl (C=O) groups is 1. The summed E-state index contributed by atoms with van der Waals surface area (Å²) in [6.45, 7) is 3.21. The maximum absolute atomic E-state index is 13.1. The van der Waals surface area contributed by atoms with Crippen molar-refractivity contribution < 1.29 is 19.0 Å². The van der Waals surface area contributed by atoms with Gasteiger partial charge < -0.3 is 9.84 Å². The lowest BCUT2D eigenvalue weighted by Crippen LogP contribution is -2.36. The first-order valence-corrected chi connectivity index (χ1v) is 5.48. The zero-order chi connectivity index (χ0) is 12.3. The lowest BCUT2D eigenvalue weighted by atomic mass is 10.1. The number of nitrogens with zero attached hydrogens (tertiary/aromatic N) is 1. The monoisotopic (exact) mass is 239 g/mol. The van der Waals surface area contributed by atoms with E-state index in [9.17, 15) is 9.18 Å². The summed E-state index contributed by atoms with van der Waals surface area (Å²) in [5.74, 6) is -1.42. The standard InChI is InChI=1S/C12H14FNO3/c13-10-1-2-11(12(15)16)9(7-10)8-14-3-5-17-6-4-14/h1-2,7H,3-6,8H2,(H,15,16). The molecule has 92 valence electrons. The normalized spacial score (nSPS) is 17.0. The Balaban J connectivity index is 2.17. The zero-order valence-electron chi connectivity index (χ0n) is 9.36. The average molecular weight is 239 g/mol. The van der Waals surface area contributed by atoms with E-state index in [1.807, 2.05) is 0 Å². The van der Waals surface area contributed by atoms with Gasteiger partial charge in [0, 0.05) is 19.6 Å². The Hall–Kier alpha value is -1.46. The fourth-order valence-corrected chi connectivity index (χ4v) is 1.90. The number of morpholine rings is 1. The molecule has 0 bridgehead atoms. The Morgan fingerprint density at radius 1 is 1.41 bits per heavy atom. The zero-order valence-corrected chi connectivity index (χ0v) is 9.36. The molecule has 0 aliphatic carbocycles.